The smallest absolute Gasteiger partial charge is 0.339 e. The number of aryl methyl sites for hydroxylation is 1. The van der Waals surface area contributed by atoms with Crippen molar-refractivity contribution in [1.82, 2.24) is 0 Å². The second-order valence-corrected chi connectivity index (χ2v) is 6.20. The average Bonchev–Trinajstić information content (AvgIpc) is 2.41. The topological polar surface area (TPSA) is 80.7 Å². The molecule has 1 N–H and O–H groups in total. The molecular weight excluding hydrogens is 316 g/mol. The number of hydrogen-bond acceptors (Lipinski definition) is 4. The van der Waals surface area contributed by atoms with Crippen molar-refractivity contribution >= 4 is 27.7 Å². The Morgan fingerprint density at radius 1 is 1.19 bits per heavy atom. The summed E-state index contributed by atoms with van der Waals surface area (Å²) in [5, 5.41) is 8.93. The van der Waals surface area contributed by atoms with Gasteiger partial charge in [-0.05, 0) is 36.8 Å². The van der Waals surface area contributed by atoms with Crippen LogP contribution in [0.25, 0.3) is 0 Å². The molecule has 2 aromatic carbocycles. The summed E-state index contributed by atoms with van der Waals surface area (Å²) < 4.78 is 29.4. The van der Waals surface area contributed by atoms with E-state index in [-0.39, 0.29) is 21.2 Å². The first-order chi connectivity index (χ1) is 9.81. The number of aromatic carboxylic acids is 1. The number of benzene rings is 2. The molecule has 7 heteroatoms. The molecular formula is C14H11ClO5S. The maximum absolute atomic E-state index is 12.2. The molecule has 0 amide bonds. The van der Waals surface area contributed by atoms with Crippen molar-refractivity contribution in [2.75, 3.05) is 0 Å². The monoisotopic (exact) mass is 326 g/mol. The van der Waals surface area contributed by atoms with Gasteiger partial charge in [-0.15, -0.1) is 0 Å². The lowest BCUT2D eigenvalue weighted by molar-refractivity contribution is 0.0697. The number of carbonyl (C=O) groups is 1. The first-order valence-corrected chi connectivity index (χ1v) is 7.63. The van der Waals surface area contributed by atoms with Gasteiger partial charge in [0.15, 0.2) is 0 Å². The van der Waals surface area contributed by atoms with Gasteiger partial charge in [-0.3, -0.25) is 0 Å². The van der Waals surface area contributed by atoms with Gasteiger partial charge in [0.1, 0.15) is 10.6 Å². The Morgan fingerprint density at radius 3 is 2.48 bits per heavy atom. The lowest BCUT2D eigenvalue weighted by Crippen LogP contribution is -2.11. The molecule has 0 aliphatic rings. The Hall–Kier alpha value is -2.05. The number of hydrogen-bond donors (Lipinski definition) is 1. The maximum atomic E-state index is 12.2. The molecule has 0 spiro atoms. The lowest BCUT2D eigenvalue weighted by Gasteiger charge is -2.10. The van der Waals surface area contributed by atoms with Crippen LogP contribution in [0.15, 0.2) is 47.4 Å². The van der Waals surface area contributed by atoms with E-state index in [0.29, 0.717) is 5.56 Å². The number of carboxylic acid groups (broad SMARTS) is 1. The van der Waals surface area contributed by atoms with Gasteiger partial charge in [0.05, 0.1) is 10.6 Å². The Morgan fingerprint density at radius 2 is 1.86 bits per heavy atom. The average molecular weight is 327 g/mol. The fraction of sp³-hybridized carbons (Fsp3) is 0.0714. The van der Waals surface area contributed by atoms with Crippen LogP contribution in [-0.2, 0) is 10.1 Å². The molecule has 0 heterocycles. The molecule has 110 valence electrons. The van der Waals surface area contributed by atoms with Gasteiger partial charge in [0, 0.05) is 0 Å². The van der Waals surface area contributed by atoms with Crippen molar-refractivity contribution in [1.29, 1.82) is 0 Å². The molecule has 0 aromatic heterocycles. The molecule has 0 atom stereocenters. The lowest BCUT2D eigenvalue weighted by atomic mass is 10.2. The van der Waals surface area contributed by atoms with Crippen LogP contribution in [0.4, 0.5) is 0 Å². The zero-order valence-electron chi connectivity index (χ0n) is 10.9. The third-order valence-electron chi connectivity index (χ3n) is 2.75. The largest absolute Gasteiger partial charge is 0.478 e. The highest BCUT2D eigenvalue weighted by Crippen LogP contribution is 2.25. The van der Waals surface area contributed by atoms with Crippen LogP contribution in [0.5, 0.6) is 5.75 Å². The predicted molar refractivity (Wildman–Crippen MR) is 77.4 cm³/mol. The molecule has 0 aliphatic carbocycles. The first-order valence-electron chi connectivity index (χ1n) is 5.84. The number of halogens is 1. The fourth-order valence-corrected chi connectivity index (χ4v) is 2.85. The molecule has 21 heavy (non-hydrogen) atoms. The minimum absolute atomic E-state index is 0.0441. The van der Waals surface area contributed by atoms with Crippen molar-refractivity contribution in [2.45, 2.75) is 11.8 Å². The summed E-state index contributed by atoms with van der Waals surface area (Å²) >= 11 is 5.71. The summed E-state index contributed by atoms with van der Waals surface area (Å²) in [5.41, 5.74) is 0.347. The molecule has 0 unspecified atom stereocenters. The summed E-state index contributed by atoms with van der Waals surface area (Å²) in [5.74, 6) is -1.13. The van der Waals surface area contributed by atoms with Crippen molar-refractivity contribution in [3.63, 3.8) is 0 Å². The second-order valence-electron chi connectivity index (χ2n) is 4.25. The SMILES string of the molecule is Cc1ccccc1OS(=O)(=O)c1ccc(Cl)c(C(=O)O)c1. The Labute approximate surface area is 126 Å². The zero-order chi connectivity index (χ0) is 15.6. The summed E-state index contributed by atoms with van der Waals surface area (Å²) in [7, 11) is -4.13. The van der Waals surface area contributed by atoms with E-state index in [1.54, 1.807) is 25.1 Å². The Bertz CT molecular complexity index is 799. The minimum atomic E-state index is -4.13. The third-order valence-corrected chi connectivity index (χ3v) is 4.31. The van der Waals surface area contributed by atoms with E-state index in [1.165, 1.54) is 18.2 Å². The van der Waals surface area contributed by atoms with Crippen molar-refractivity contribution in [2.24, 2.45) is 0 Å². The van der Waals surface area contributed by atoms with E-state index in [0.717, 1.165) is 6.07 Å². The van der Waals surface area contributed by atoms with E-state index in [2.05, 4.69) is 0 Å². The summed E-state index contributed by atoms with van der Waals surface area (Å²) in [6.45, 7) is 1.70. The third kappa shape index (κ3) is 3.34. The molecule has 0 saturated heterocycles. The van der Waals surface area contributed by atoms with Crippen molar-refractivity contribution in [3.05, 3.63) is 58.6 Å². The van der Waals surface area contributed by atoms with Gasteiger partial charge in [-0.2, -0.15) is 8.42 Å². The maximum Gasteiger partial charge on any atom is 0.339 e. The van der Waals surface area contributed by atoms with Crippen LogP contribution in [0.1, 0.15) is 15.9 Å². The van der Waals surface area contributed by atoms with Gasteiger partial charge < -0.3 is 9.29 Å². The van der Waals surface area contributed by atoms with Crippen LogP contribution in [-0.4, -0.2) is 19.5 Å². The normalized spacial score (nSPS) is 11.1. The van der Waals surface area contributed by atoms with Crippen LogP contribution in [0, 0.1) is 6.92 Å². The number of rotatable bonds is 4. The molecule has 0 fully saturated rings. The molecule has 5 nitrogen and oxygen atoms in total. The van der Waals surface area contributed by atoms with E-state index in [4.69, 9.17) is 20.9 Å². The fourth-order valence-electron chi connectivity index (χ4n) is 1.64. The minimum Gasteiger partial charge on any atom is -0.478 e. The molecule has 2 rings (SSSR count). The summed E-state index contributed by atoms with van der Waals surface area (Å²) in [4.78, 5) is 10.7. The van der Waals surface area contributed by atoms with E-state index in [1.807, 2.05) is 0 Å². The Balaban J connectivity index is 2.43. The van der Waals surface area contributed by atoms with E-state index >= 15 is 0 Å². The highest BCUT2D eigenvalue weighted by atomic mass is 35.5. The van der Waals surface area contributed by atoms with Crippen LogP contribution in [0.3, 0.4) is 0 Å². The highest BCUT2D eigenvalue weighted by molar-refractivity contribution is 7.87. The quantitative estimate of drug-likeness (QED) is 0.873. The molecule has 0 saturated carbocycles. The van der Waals surface area contributed by atoms with Crippen LogP contribution >= 0.6 is 11.6 Å². The summed E-state index contributed by atoms with van der Waals surface area (Å²) in [6.07, 6.45) is 0. The van der Waals surface area contributed by atoms with Crippen molar-refractivity contribution < 1.29 is 22.5 Å². The molecule has 0 aliphatic heterocycles. The first kappa shape index (κ1) is 15.3. The highest BCUT2D eigenvalue weighted by Gasteiger charge is 2.21. The van der Waals surface area contributed by atoms with E-state index in [9.17, 15) is 13.2 Å². The van der Waals surface area contributed by atoms with E-state index < -0.39 is 16.1 Å². The number of carboxylic acids is 1. The predicted octanol–water partition coefficient (Wildman–Crippen LogP) is 3.11. The Kier molecular flexibility index (Phi) is 4.20. The van der Waals surface area contributed by atoms with Gasteiger partial charge >= 0.3 is 16.1 Å². The van der Waals surface area contributed by atoms with Gasteiger partial charge in [-0.25, -0.2) is 4.79 Å². The molecule has 2 aromatic rings. The molecule has 0 radical (unpaired) electrons. The van der Waals surface area contributed by atoms with Gasteiger partial charge in [-0.1, -0.05) is 29.8 Å². The zero-order valence-corrected chi connectivity index (χ0v) is 12.5. The van der Waals surface area contributed by atoms with Crippen molar-refractivity contribution in [3.8, 4) is 5.75 Å². The molecule has 0 bridgehead atoms. The standard InChI is InChI=1S/C14H11ClO5S/c1-9-4-2-3-5-13(9)20-21(18,19)10-6-7-12(15)11(8-10)14(16)17/h2-8H,1H3,(H,16,17). The summed E-state index contributed by atoms with van der Waals surface area (Å²) in [6, 6.07) is 9.98. The van der Waals surface area contributed by atoms with Gasteiger partial charge in [0.2, 0.25) is 0 Å². The number of para-hydroxylation sites is 1. The second kappa shape index (κ2) is 5.75. The van der Waals surface area contributed by atoms with Crippen LogP contribution < -0.4 is 4.18 Å². The van der Waals surface area contributed by atoms with Gasteiger partial charge in [0.25, 0.3) is 0 Å². The van der Waals surface area contributed by atoms with Crippen LogP contribution in [0.2, 0.25) is 5.02 Å².